The van der Waals surface area contributed by atoms with Crippen LogP contribution in [0.3, 0.4) is 0 Å². The lowest BCUT2D eigenvalue weighted by molar-refractivity contribution is -0.150. The smallest absolute Gasteiger partial charge is 0.326 e. The topological polar surface area (TPSA) is 142 Å². The van der Waals surface area contributed by atoms with Crippen LogP contribution >= 0.6 is 11.6 Å². The van der Waals surface area contributed by atoms with Crippen LogP contribution in [0.1, 0.15) is 59.3 Å². The van der Waals surface area contributed by atoms with Crippen LogP contribution in [0.15, 0.2) is 23.1 Å². The van der Waals surface area contributed by atoms with Crippen LogP contribution in [0.4, 0.5) is 10.5 Å². The molecule has 11 nitrogen and oxygen atoms in total. The lowest BCUT2D eigenvalue weighted by Crippen LogP contribution is -2.54. The number of benzene rings is 1. The van der Waals surface area contributed by atoms with Crippen LogP contribution in [0.2, 0.25) is 5.02 Å². The molecule has 0 unspecified atom stereocenters. The number of hydrogen-bond acceptors (Lipinski definition) is 7. The highest BCUT2D eigenvalue weighted by Crippen LogP contribution is 2.46. The summed E-state index contributed by atoms with van der Waals surface area (Å²) in [5.41, 5.74) is -1.14. The Labute approximate surface area is 233 Å². The molecule has 1 spiro atoms. The van der Waals surface area contributed by atoms with Crippen molar-refractivity contribution in [2.45, 2.75) is 69.7 Å². The zero-order chi connectivity index (χ0) is 28.6. The van der Waals surface area contributed by atoms with Gasteiger partial charge >= 0.3 is 12.0 Å². The van der Waals surface area contributed by atoms with Gasteiger partial charge in [0.1, 0.15) is 12.1 Å². The van der Waals surface area contributed by atoms with E-state index in [0.717, 1.165) is 30.6 Å². The van der Waals surface area contributed by atoms with Gasteiger partial charge in [-0.2, -0.15) is 4.31 Å². The van der Waals surface area contributed by atoms with Gasteiger partial charge in [0, 0.05) is 13.1 Å². The minimum atomic E-state index is -3.75. The highest BCUT2D eigenvalue weighted by atomic mass is 35.5. The molecule has 0 aromatic heterocycles. The number of sulfonamides is 1. The number of imide groups is 1. The first-order valence-electron chi connectivity index (χ1n) is 13.1. The highest BCUT2D eigenvalue weighted by molar-refractivity contribution is 7.89. The Balaban J connectivity index is 1.34. The minimum absolute atomic E-state index is 0.00575. The number of carbonyl (C=O) groups excluding carboxylic acids is 4. The van der Waals surface area contributed by atoms with Crippen molar-refractivity contribution in [2.75, 3.05) is 31.6 Å². The molecule has 1 aromatic carbocycles. The van der Waals surface area contributed by atoms with E-state index in [1.165, 1.54) is 22.5 Å². The van der Waals surface area contributed by atoms with Crippen molar-refractivity contribution < 1.29 is 32.3 Å². The third-order valence-corrected chi connectivity index (χ3v) is 9.66. The largest absolute Gasteiger partial charge is 0.454 e. The van der Waals surface area contributed by atoms with Gasteiger partial charge in [0.15, 0.2) is 6.61 Å². The van der Waals surface area contributed by atoms with E-state index in [2.05, 4.69) is 10.6 Å². The molecule has 39 heavy (non-hydrogen) atoms. The predicted octanol–water partition coefficient (Wildman–Crippen LogP) is 3.13. The fourth-order valence-electron chi connectivity index (χ4n) is 6.17. The summed E-state index contributed by atoms with van der Waals surface area (Å²) in [5.74, 6) is -1.93. The highest BCUT2D eigenvalue weighted by Gasteiger charge is 2.56. The molecule has 3 fully saturated rings. The van der Waals surface area contributed by atoms with E-state index in [-0.39, 0.29) is 26.9 Å². The third kappa shape index (κ3) is 6.38. The number of esters is 1. The Morgan fingerprint density at radius 1 is 1.15 bits per heavy atom. The summed E-state index contributed by atoms with van der Waals surface area (Å²) in [4.78, 5) is 51.5. The van der Waals surface area contributed by atoms with Crippen molar-refractivity contribution >= 4 is 51.1 Å². The molecule has 0 bridgehead atoms. The Bertz CT molecular complexity index is 1280. The lowest BCUT2D eigenvalue weighted by atomic mass is 9.64. The molecule has 2 saturated heterocycles. The normalized spacial score (nSPS) is 25.4. The van der Waals surface area contributed by atoms with Crippen LogP contribution in [-0.2, 0) is 29.1 Å². The van der Waals surface area contributed by atoms with Gasteiger partial charge in [-0.15, -0.1) is 0 Å². The van der Waals surface area contributed by atoms with Crippen LogP contribution in [-0.4, -0.2) is 73.2 Å². The molecule has 1 aromatic rings. The summed E-state index contributed by atoms with van der Waals surface area (Å²) in [7, 11) is -3.75. The molecule has 13 heteroatoms. The lowest BCUT2D eigenvalue weighted by Gasteiger charge is -2.43. The number of nitrogens with one attached hydrogen (secondary N) is 2. The fourth-order valence-corrected chi connectivity index (χ4v) is 7.88. The van der Waals surface area contributed by atoms with Gasteiger partial charge in [0.25, 0.3) is 11.8 Å². The van der Waals surface area contributed by atoms with Gasteiger partial charge in [-0.1, -0.05) is 38.8 Å². The summed E-state index contributed by atoms with van der Waals surface area (Å²) in [6.45, 7) is 5.64. The first-order chi connectivity index (χ1) is 18.2. The predicted molar refractivity (Wildman–Crippen MR) is 143 cm³/mol. The van der Waals surface area contributed by atoms with Crippen LogP contribution in [0.5, 0.6) is 0 Å². The number of amides is 4. The van der Waals surface area contributed by atoms with Crippen LogP contribution in [0, 0.1) is 11.3 Å². The number of nitrogens with zero attached hydrogens (tertiary/aromatic N) is 2. The van der Waals surface area contributed by atoms with E-state index >= 15 is 0 Å². The number of halogens is 1. The SMILES string of the molecule is C[C@@H]1CC(C)(C)C[C@]2(C1)NC(=O)N(CC(=O)OCC(=O)Nc1cc(S(=O)(=O)N3CCCCC3)ccc1Cl)C2=O. The summed E-state index contributed by atoms with van der Waals surface area (Å²) in [6, 6.07) is 3.36. The maximum atomic E-state index is 13.2. The first kappa shape index (κ1) is 29.3. The maximum absolute atomic E-state index is 13.2. The van der Waals surface area contributed by atoms with Gasteiger partial charge in [0.05, 0.1) is 15.6 Å². The monoisotopic (exact) mass is 582 g/mol. The van der Waals surface area contributed by atoms with E-state index in [9.17, 15) is 27.6 Å². The molecule has 0 radical (unpaired) electrons. The van der Waals surface area contributed by atoms with E-state index in [4.69, 9.17) is 16.3 Å². The van der Waals surface area contributed by atoms with Gasteiger partial charge in [-0.05, 0) is 61.6 Å². The quantitative estimate of drug-likeness (QED) is 0.371. The van der Waals surface area contributed by atoms with Crippen molar-refractivity contribution in [3.8, 4) is 0 Å². The third-order valence-electron chi connectivity index (χ3n) is 7.44. The molecule has 2 aliphatic heterocycles. The molecule has 1 aliphatic carbocycles. The minimum Gasteiger partial charge on any atom is -0.454 e. The summed E-state index contributed by atoms with van der Waals surface area (Å²) in [5, 5.41) is 5.36. The number of rotatable bonds is 7. The van der Waals surface area contributed by atoms with Crippen molar-refractivity contribution in [3.63, 3.8) is 0 Å². The van der Waals surface area contributed by atoms with Crippen molar-refractivity contribution in [1.29, 1.82) is 0 Å². The van der Waals surface area contributed by atoms with E-state index in [1.54, 1.807) is 0 Å². The average molecular weight is 583 g/mol. The maximum Gasteiger partial charge on any atom is 0.326 e. The molecule has 1 saturated carbocycles. The Morgan fingerprint density at radius 2 is 1.85 bits per heavy atom. The Morgan fingerprint density at radius 3 is 2.51 bits per heavy atom. The van der Waals surface area contributed by atoms with E-state index in [0.29, 0.717) is 25.9 Å². The number of carbonyl (C=O) groups is 4. The van der Waals surface area contributed by atoms with Gasteiger partial charge < -0.3 is 15.4 Å². The second kappa shape index (κ2) is 11.1. The van der Waals surface area contributed by atoms with Gasteiger partial charge in [-0.25, -0.2) is 13.2 Å². The van der Waals surface area contributed by atoms with E-state index < -0.39 is 52.5 Å². The summed E-state index contributed by atoms with van der Waals surface area (Å²) < 4.78 is 32.4. The van der Waals surface area contributed by atoms with Gasteiger partial charge in [-0.3, -0.25) is 19.3 Å². The summed E-state index contributed by atoms with van der Waals surface area (Å²) >= 11 is 6.17. The van der Waals surface area contributed by atoms with Gasteiger partial charge in [0.2, 0.25) is 10.0 Å². The van der Waals surface area contributed by atoms with Crippen molar-refractivity contribution in [1.82, 2.24) is 14.5 Å². The van der Waals surface area contributed by atoms with E-state index in [1.807, 2.05) is 20.8 Å². The number of ether oxygens (including phenoxy) is 1. The van der Waals surface area contributed by atoms with Crippen molar-refractivity contribution in [2.24, 2.45) is 11.3 Å². The molecular formula is C26H35ClN4O7S. The number of anilines is 1. The Hall–Kier alpha value is -2.70. The molecule has 2 N–H and O–H groups in total. The molecule has 214 valence electrons. The standard InChI is InChI=1S/C26H35ClN4O7S/c1-17-12-25(2,3)16-26(13-17)23(34)31(24(35)29-26)14-22(33)38-15-21(32)28-20-11-18(7-8-19(20)27)39(36,37)30-9-5-4-6-10-30/h7-8,11,17H,4-6,9-10,12-16H2,1-3H3,(H,28,32)(H,29,35)/t17-,26+/m1/s1. The fraction of sp³-hybridized carbons (Fsp3) is 0.615. The van der Waals surface area contributed by atoms with Crippen LogP contribution in [0.25, 0.3) is 0 Å². The van der Waals surface area contributed by atoms with Crippen molar-refractivity contribution in [3.05, 3.63) is 23.2 Å². The Kier molecular flexibility index (Phi) is 8.30. The molecule has 4 rings (SSSR count). The summed E-state index contributed by atoms with van der Waals surface area (Å²) in [6.07, 6.45) is 4.42. The average Bonchev–Trinajstić information content (AvgIpc) is 3.06. The molecular weight excluding hydrogens is 548 g/mol. The molecule has 3 aliphatic rings. The van der Waals surface area contributed by atoms with Crippen LogP contribution < -0.4 is 10.6 Å². The number of piperidine rings is 1. The zero-order valence-corrected chi connectivity index (χ0v) is 24.0. The first-order valence-corrected chi connectivity index (χ1v) is 14.9. The molecule has 2 heterocycles. The zero-order valence-electron chi connectivity index (χ0n) is 22.4. The second-order valence-electron chi connectivity index (χ2n) is 11.6. The number of urea groups is 1. The second-order valence-corrected chi connectivity index (χ2v) is 13.9. The molecule has 2 atom stereocenters. The molecule has 4 amide bonds. The number of hydrogen-bond donors (Lipinski definition) is 2.